The normalized spacial score (nSPS) is 11.7. The molecule has 0 bridgehead atoms. The second-order valence-electron chi connectivity index (χ2n) is 6.69. The number of fused-ring (bicyclic) bond motifs is 1. The molecule has 0 saturated heterocycles. The standard InChI is InChI=1S/C20H12ClF4N5O2/c21-15-7-12(22)4-5-16(15)28-17(31)9-29-10-26-18-14(19(29)32)8-27-30(18)13-3-1-2-11(6-13)20(23,24)25/h1-8,10H,9H2,(H,28,31). The number of halogens is 5. The molecule has 0 saturated carbocycles. The molecule has 0 spiro atoms. The van der Waals surface area contributed by atoms with Crippen LogP contribution in [0.25, 0.3) is 16.7 Å². The minimum absolute atomic E-state index is 0.0116. The van der Waals surface area contributed by atoms with Crippen molar-refractivity contribution in [1.82, 2.24) is 19.3 Å². The van der Waals surface area contributed by atoms with Gasteiger partial charge in [0, 0.05) is 0 Å². The second-order valence-corrected chi connectivity index (χ2v) is 7.10. The highest BCUT2D eigenvalue weighted by atomic mass is 35.5. The van der Waals surface area contributed by atoms with E-state index in [1.165, 1.54) is 18.2 Å². The van der Waals surface area contributed by atoms with Gasteiger partial charge in [0.05, 0.1) is 28.2 Å². The summed E-state index contributed by atoms with van der Waals surface area (Å²) in [6.45, 7) is -0.426. The van der Waals surface area contributed by atoms with E-state index in [0.29, 0.717) is 0 Å². The first-order valence-electron chi connectivity index (χ1n) is 8.99. The third-order valence-corrected chi connectivity index (χ3v) is 4.80. The molecule has 0 aliphatic carbocycles. The van der Waals surface area contributed by atoms with E-state index in [1.807, 2.05) is 0 Å². The van der Waals surface area contributed by atoms with Gasteiger partial charge in [-0.15, -0.1) is 0 Å². The van der Waals surface area contributed by atoms with Gasteiger partial charge in [-0.05, 0) is 36.4 Å². The van der Waals surface area contributed by atoms with Gasteiger partial charge in [0.1, 0.15) is 24.1 Å². The number of carbonyl (C=O) groups is 1. The summed E-state index contributed by atoms with van der Waals surface area (Å²) < 4.78 is 54.2. The van der Waals surface area contributed by atoms with Crippen LogP contribution in [0.5, 0.6) is 0 Å². The number of anilines is 1. The fourth-order valence-electron chi connectivity index (χ4n) is 3.00. The Morgan fingerprint density at radius 3 is 2.66 bits per heavy atom. The molecule has 4 aromatic rings. The predicted molar refractivity (Wildman–Crippen MR) is 108 cm³/mol. The molecule has 1 amide bonds. The molecule has 164 valence electrons. The highest BCUT2D eigenvalue weighted by Crippen LogP contribution is 2.30. The maximum absolute atomic E-state index is 13.1. The van der Waals surface area contributed by atoms with Gasteiger partial charge in [-0.3, -0.25) is 14.2 Å². The van der Waals surface area contributed by atoms with Gasteiger partial charge in [-0.1, -0.05) is 17.7 Å². The molecule has 32 heavy (non-hydrogen) atoms. The Bertz CT molecular complexity index is 1400. The van der Waals surface area contributed by atoms with Crippen LogP contribution in [0.15, 0.2) is 59.8 Å². The van der Waals surface area contributed by atoms with Crippen molar-refractivity contribution < 1.29 is 22.4 Å². The van der Waals surface area contributed by atoms with Crippen molar-refractivity contribution in [3.8, 4) is 5.69 Å². The number of alkyl halides is 3. The molecule has 2 heterocycles. The fraction of sp³-hybridized carbons (Fsp3) is 0.100. The lowest BCUT2D eigenvalue weighted by atomic mass is 10.2. The summed E-state index contributed by atoms with van der Waals surface area (Å²) in [7, 11) is 0. The molecule has 12 heteroatoms. The Hall–Kier alpha value is -3.73. The molecule has 7 nitrogen and oxygen atoms in total. The van der Waals surface area contributed by atoms with Gasteiger partial charge in [0.2, 0.25) is 5.91 Å². The number of nitrogens with zero attached hydrogens (tertiary/aromatic N) is 4. The molecule has 0 aliphatic heterocycles. The summed E-state index contributed by atoms with van der Waals surface area (Å²) in [5, 5.41) is 6.44. The van der Waals surface area contributed by atoms with Crippen molar-refractivity contribution in [2.75, 3.05) is 5.32 Å². The summed E-state index contributed by atoms with van der Waals surface area (Å²) in [6, 6.07) is 7.84. The maximum atomic E-state index is 13.1. The third kappa shape index (κ3) is 4.19. The molecule has 0 atom stereocenters. The van der Waals surface area contributed by atoms with E-state index in [-0.39, 0.29) is 27.4 Å². The second kappa shape index (κ2) is 8.08. The van der Waals surface area contributed by atoms with E-state index in [1.54, 1.807) is 0 Å². The van der Waals surface area contributed by atoms with E-state index in [4.69, 9.17) is 11.6 Å². The largest absolute Gasteiger partial charge is 0.416 e. The van der Waals surface area contributed by atoms with Crippen LogP contribution in [0, 0.1) is 5.82 Å². The number of amides is 1. The number of carbonyl (C=O) groups excluding carboxylic acids is 1. The first kappa shape index (κ1) is 21.5. The molecule has 2 aromatic carbocycles. The SMILES string of the molecule is O=C(Cn1cnc2c(cnn2-c2cccc(C(F)(F)F)c2)c1=O)Nc1ccc(F)cc1Cl. The molecule has 2 aromatic heterocycles. The number of hydrogen-bond acceptors (Lipinski definition) is 4. The summed E-state index contributed by atoms with van der Waals surface area (Å²) in [4.78, 5) is 29.1. The quantitative estimate of drug-likeness (QED) is 0.461. The first-order valence-corrected chi connectivity index (χ1v) is 9.37. The summed E-state index contributed by atoms with van der Waals surface area (Å²) in [5.41, 5.74) is -1.22. The van der Waals surface area contributed by atoms with E-state index >= 15 is 0 Å². The number of hydrogen-bond donors (Lipinski definition) is 1. The predicted octanol–water partition coefficient (Wildman–Crippen LogP) is 4.03. The van der Waals surface area contributed by atoms with Gasteiger partial charge in [-0.2, -0.15) is 18.3 Å². The van der Waals surface area contributed by atoms with E-state index in [2.05, 4.69) is 15.4 Å². The Morgan fingerprint density at radius 1 is 1.16 bits per heavy atom. The lowest BCUT2D eigenvalue weighted by Gasteiger charge is -2.10. The smallest absolute Gasteiger partial charge is 0.323 e. The van der Waals surface area contributed by atoms with Crippen LogP contribution in [-0.2, 0) is 17.5 Å². The van der Waals surface area contributed by atoms with E-state index in [0.717, 1.165) is 46.0 Å². The van der Waals surface area contributed by atoms with Crippen molar-refractivity contribution in [3.63, 3.8) is 0 Å². The van der Waals surface area contributed by atoms with Gasteiger partial charge < -0.3 is 5.32 Å². The number of nitrogens with one attached hydrogen (secondary N) is 1. The van der Waals surface area contributed by atoms with Crippen LogP contribution in [0.4, 0.5) is 23.2 Å². The van der Waals surface area contributed by atoms with Crippen LogP contribution in [-0.4, -0.2) is 25.2 Å². The minimum atomic E-state index is -4.54. The third-order valence-electron chi connectivity index (χ3n) is 4.49. The topological polar surface area (TPSA) is 81.8 Å². The van der Waals surface area contributed by atoms with Gasteiger partial charge in [-0.25, -0.2) is 14.1 Å². The molecular weight excluding hydrogens is 454 g/mol. The number of benzene rings is 2. The summed E-state index contributed by atoms with van der Waals surface area (Å²) >= 11 is 5.87. The first-order chi connectivity index (χ1) is 15.1. The summed E-state index contributed by atoms with van der Waals surface area (Å²) in [5.74, 6) is -1.19. The van der Waals surface area contributed by atoms with Crippen LogP contribution in [0.3, 0.4) is 0 Å². The molecule has 4 rings (SSSR count). The Morgan fingerprint density at radius 2 is 1.94 bits per heavy atom. The van der Waals surface area contributed by atoms with E-state index in [9.17, 15) is 27.2 Å². The molecule has 1 N–H and O–H groups in total. The van der Waals surface area contributed by atoms with E-state index < -0.39 is 35.6 Å². The lowest BCUT2D eigenvalue weighted by molar-refractivity contribution is -0.137. The molecular formula is C20H12ClF4N5O2. The van der Waals surface area contributed by atoms with Crippen LogP contribution < -0.4 is 10.9 Å². The van der Waals surface area contributed by atoms with Gasteiger partial charge in [0.15, 0.2) is 5.65 Å². The van der Waals surface area contributed by atoms with Crippen molar-refractivity contribution in [3.05, 3.63) is 81.7 Å². The maximum Gasteiger partial charge on any atom is 0.416 e. The summed E-state index contributed by atoms with van der Waals surface area (Å²) in [6.07, 6.45) is -2.29. The molecule has 0 unspecified atom stereocenters. The average molecular weight is 466 g/mol. The minimum Gasteiger partial charge on any atom is -0.323 e. The highest BCUT2D eigenvalue weighted by Gasteiger charge is 2.30. The lowest BCUT2D eigenvalue weighted by Crippen LogP contribution is -2.28. The fourth-order valence-corrected chi connectivity index (χ4v) is 3.21. The van der Waals surface area contributed by atoms with Crippen LogP contribution in [0.1, 0.15) is 5.56 Å². The zero-order chi connectivity index (χ0) is 23.0. The Balaban J connectivity index is 1.62. The average Bonchev–Trinajstić information content (AvgIpc) is 3.17. The van der Waals surface area contributed by atoms with Gasteiger partial charge >= 0.3 is 6.18 Å². The number of rotatable bonds is 4. The Labute approximate surface area is 181 Å². The Kier molecular flexibility index (Phi) is 5.43. The van der Waals surface area contributed by atoms with Crippen molar-refractivity contribution in [2.24, 2.45) is 0 Å². The molecule has 0 fully saturated rings. The zero-order valence-corrected chi connectivity index (χ0v) is 16.7. The van der Waals surface area contributed by atoms with Gasteiger partial charge in [0.25, 0.3) is 5.56 Å². The van der Waals surface area contributed by atoms with Crippen molar-refractivity contribution >= 4 is 34.2 Å². The van der Waals surface area contributed by atoms with Crippen molar-refractivity contribution in [2.45, 2.75) is 12.7 Å². The van der Waals surface area contributed by atoms with Crippen molar-refractivity contribution in [1.29, 1.82) is 0 Å². The molecule has 0 aliphatic rings. The highest BCUT2D eigenvalue weighted by molar-refractivity contribution is 6.33. The van der Waals surface area contributed by atoms with Crippen LogP contribution >= 0.6 is 11.6 Å². The van der Waals surface area contributed by atoms with Crippen LogP contribution in [0.2, 0.25) is 5.02 Å². The number of aromatic nitrogens is 4. The zero-order valence-electron chi connectivity index (χ0n) is 15.9. The monoisotopic (exact) mass is 465 g/mol. The molecule has 0 radical (unpaired) electrons.